The zero-order valence-electron chi connectivity index (χ0n) is 23.3. The summed E-state index contributed by atoms with van der Waals surface area (Å²) in [6, 6.07) is 16.9. The Labute approximate surface area is 251 Å². The summed E-state index contributed by atoms with van der Waals surface area (Å²) in [5.74, 6) is 1.64. The predicted molar refractivity (Wildman–Crippen MR) is 160 cm³/mol. The molecule has 0 saturated heterocycles. The number of amides is 3. The molecule has 0 spiro atoms. The average molecular weight is 602 g/mol. The van der Waals surface area contributed by atoms with Gasteiger partial charge in [0.05, 0.1) is 37.8 Å². The zero-order chi connectivity index (χ0) is 29.9. The fourth-order valence-corrected chi connectivity index (χ4v) is 5.56. The summed E-state index contributed by atoms with van der Waals surface area (Å²) >= 11 is 1.10. The smallest absolute Gasteiger partial charge is 0.259 e. The SMILES string of the molecule is COc1ccc(OC)c(NC(=O)CSC2=Nc3ccccc3C3=N[C@H](CC(=O)NCc4ccc5c(c4)OCO5)C(=O)N23)c1. The van der Waals surface area contributed by atoms with E-state index in [1.807, 2.05) is 30.3 Å². The van der Waals surface area contributed by atoms with Crippen molar-refractivity contribution in [1.29, 1.82) is 0 Å². The third kappa shape index (κ3) is 5.84. The Morgan fingerprint density at radius 1 is 1.02 bits per heavy atom. The fraction of sp³-hybridized carbons (Fsp3) is 0.233. The molecule has 3 aliphatic rings. The highest BCUT2D eigenvalue weighted by Crippen LogP contribution is 2.35. The van der Waals surface area contributed by atoms with Gasteiger partial charge >= 0.3 is 0 Å². The molecule has 2 N–H and O–H groups in total. The van der Waals surface area contributed by atoms with Crippen molar-refractivity contribution >= 4 is 51.9 Å². The van der Waals surface area contributed by atoms with E-state index >= 15 is 0 Å². The molecule has 0 fully saturated rings. The van der Waals surface area contributed by atoms with Crippen LogP contribution in [0.3, 0.4) is 0 Å². The van der Waals surface area contributed by atoms with E-state index in [2.05, 4.69) is 20.6 Å². The Kier molecular flexibility index (Phi) is 7.88. The van der Waals surface area contributed by atoms with E-state index in [-0.39, 0.29) is 43.2 Å². The Hall–Kier alpha value is -5.04. The molecule has 3 aromatic rings. The number of aliphatic imine (C=N–C) groups is 2. The van der Waals surface area contributed by atoms with Gasteiger partial charge < -0.3 is 29.6 Å². The second kappa shape index (κ2) is 12.1. The summed E-state index contributed by atoms with van der Waals surface area (Å²) in [5.41, 5.74) is 2.59. The van der Waals surface area contributed by atoms with Crippen molar-refractivity contribution in [3.05, 3.63) is 71.8 Å². The molecule has 0 bridgehead atoms. The van der Waals surface area contributed by atoms with E-state index in [0.29, 0.717) is 50.9 Å². The van der Waals surface area contributed by atoms with Crippen LogP contribution in [-0.4, -0.2) is 66.4 Å². The molecule has 0 aliphatic carbocycles. The maximum atomic E-state index is 13.6. The van der Waals surface area contributed by atoms with Gasteiger partial charge in [0.1, 0.15) is 23.4 Å². The number of para-hydroxylation sites is 1. The summed E-state index contributed by atoms with van der Waals surface area (Å²) in [6.07, 6.45) is -0.139. The molecule has 0 saturated carbocycles. The van der Waals surface area contributed by atoms with Crippen molar-refractivity contribution in [3.8, 4) is 23.0 Å². The van der Waals surface area contributed by atoms with Gasteiger partial charge in [-0.2, -0.15) is 0 Å². The quantitative estimate of drug-likeness (QED) is 0.380. The van der Waals surface area contributed by atoms with Crippen LogP contribution >= 0.6 is 11.8 Å². The molecule has 0 aromatic heterocycles. The number of fused-ring (bicyclic) bond motifs is 4. The van der Waals surface area contributed by atoms with Gasteiger partial charge in [-0.25, -0.2) is 9.89 Å². The number of hydrogen-bond donors (Lipinski definition) is 2. The highest BCUT2D eigenvalue weighted by molar-refractivity contribution is 8.14. The molecule has 0 unspecified atom stereocenters. The molecule has 12 nitrogen and oxygen atoms in total. The van der Waals surface area contributed by atoms with Crippen molar-refractivity contribution in [2.75, 3.05) is 32.1 Å². The van der Waals surface area contributed by atoms with E-state index in [4.69, 9.17) is 18.9 Å². The van der Waals surface area contributed by atoms with Gasteiger partial charge in [-0.05, 0) is 42.0 Å². The average Bonchev–Trinajstić information content (AvgIpc) is 3.63. The van der Waals surface area contributed by atoms with Crippen LogP contribution < -0.4 is 29.6 Å². The maximum Gasteiger partial charge on any atom is 0.259 e. The number of ether oxygens (including phenoxy) is 4. The molecule has 3 heterocycles. The monoisotopic (exact) mass is 601 g/mol. The number of thioether (sulfide) groups is 1. The second-order valence-corrected chi connectivity index (χ2v) is 10.6. The van der Waals surface area contributed by atoms with Gasteiger partial charge in [-0.1, -0.05) is 30.0 Å². The number of amidine groups is 2. The van der Waals surface area contributed by atoms with E-state index in [9.17, 15) is 14.4 Å². The highest BCUT2D eigenvalue weighted by atomic mass is 32.2. The Morgan fingerprint density at radius 2 is 1.86 bits per heavy atom. The van der Waals surface area contributed by atoms with Crippen LogP contribution in [0.5, 0.6) is 23.0 Å². The summed E-state index contributed by atoms with van der Waals surface area (Å²) in [4.78, 5) is 50.0. The van der Waals surface area contributed by atoms with E-state index in [0.717, 1.165) is 17.3 Å². The third-order valence-corrected chi connectivity index (χ3v) is 7.80. The van der Waals surface area contributed by atoms with Gasteiger partial charge in [0.15, 0.2) is 16.7 Å². The second-order valence-electron chi connectivity index (χ2n) is 9.63. The number of carbonyl (C=O) groups is 3. The number of anilines is 1. The van der Waals surface area contributed by atoms with Crippen LogP contribution in [0.4, 0.5) is 11.4 Å². The molecule has 3 aliphatic heterocycles. The van der Waals surface area contributed by atoms with Crippen LogP contribution in [-0.2, 0) is 20.9 Å². The topological polar surface area (TPSA) is 140 Å². The van der Waals surface area contributed by atoms with Crippen LogP contribution in [0, 0.1) is 0 Å². The summed E-state index contributed by atoms with van der Waals surface area (Å²) in [7, 11) is 3.04. The Balaban J connectivity index is 1.13. The van der Waals surface area contributed by atoms with E-state index in [1.165, 1.54) is 19.1 Å². The van der Waals surface area contributed by atoms with Crippen LogP contribution in [0.2, 0.25) is 0 Å². The third-order valence-electron chi connectivity index (χ3n) is 6.87. The van der Waals surface area contributed by atoms with Crippen molar-refractivity contribution in [1.82, 2.24) is 10.2 Å². The number of benzene rings is 3. The maximum absolute atomic E-state index is 13.6. The first-order valence-electron chi connectivity index (χ1n) is 13.3. The minimum absolute atomic E-state index is 0.0426. The van der Waals surface area contributed by atoms with E-state index < -0.39 is 6.04 Å². The lowest BCUT2D eigenvalue weighted by Crippen LogP contribution is -2.42. The molecule has 0 radical (unpaired) electrons. The first-order chi connectivity index (χ1) is 20.9. The molecular weight excluding hydrogens is 574 g/mol. The molecule has 3 amide bonds. The summed E-state index contributed by atoms with van der Waals surface area (Å²) in [6.45, 7) is 0.426. The first-order valence-corrected chi connectivity index (χ1v) is 14.3. The van der Waals surface area contributed by atoms with Gasteiger partial charge in [0.2, 0.25) is 18.6 Å². The largest absolute Gasteiger partial charge is 0.497 e. The lowest BCUT2D eigenvalue weighted by Gasteiger charge is -2.25. The number of methoxy groups -OCH3 is 2. The van der Waals surface area contributed by atoms with E-state index in [1.54, 1.807) is 30.3 Å². The molecule has 13 heteroatoms. The molecule has 1 atom stereocenters. The van der Waals surface area contributed by atoms with Crippen molar-refractivity contribution < 1.29 is 33.3 Å². The normalized spacial score (nSPS) is 16.1. The first kappa shape index (κ1) is 28.1. The number of hydrogen-bond acceptors (Lipinski definition) is 10. The molecule has 6 rings (SSSR count). The van der Waals surface area contributed by atoms with Crippen molar-refractivity contribution in [2.45, 2.75) is 19.0 Å². The summed E-state index contributed by atoms with van der Waals surface area (Å²) in [5, 5.41) is 5.97. The number of nitrogens with zero attached hydrogens (tertiary/aromatic N) is 3. The van der Waals surface area contributed by atoms with Gasteiger partial charge in [0, 0.05) is 18.2 Å². The standard InChI is InChI=1S/C30H27N5O7S/c1-39-18-8-10-23(40-2)21(12-18)32-27(37)15-43-30-34-20-6-4-3-5-19(20)28-33-22(29(38)35(28)30)13-26(36)31-14-17-7-9-24-25(11-17)42-16-41-24/h3-12,22H,13-16H2,1-2H3,(H,31,36)(H,32,37)/t22-/m1/s1. The number of rotatable bonds is 9. The summed E-state index contributed by atoms with van der Waals surface area (Å²) < 4.78 is 21.3. The molecule has 3 aromatic carbocycles. The van der Waals surface area contributed by atoms with Crippen LogP contribution in [0.15, 0.2) is 70.6 Å². The lowest BCUT2D eigenvalue weighted by molar-refractivity contribution is -0.128. The van der Waals surface area contributed by atoms with Crippen molar-refractivity contribution in [3.63, 3.8) is 0 Å². The highest BCUT2D eigenvalue weighted by Gasteiger charge is 2.42. The molecule has 43 heavy (non-hydrogen) atoms. The zero-order valence-corrected chi connectivity index (χ0v) is 24.1. The van der Waals surface area contributed by atoms with Gasteiger partial charge in [0.25, 0.3) is 5.91 Å². The molecule has 220 valence electrons. The Bertz CT molecular complexity index is 1670. The van der Waals surface area contributed by atoms with Crippen molar-refractivity contribution in [2.24, 2.45) is 9.98 Å². The minimum Gasteiger partial charge on any atom is -0.497 e. The number of carbonyl (C=O) groups excluding carboxylic acids is 3. The van der Waals surface area contributed by atoms with Gasteiger partial charge in [-0.3, -0.25) is 19.4 Å². The number of nitrogens with one attached hydrogen (secondary N) is 2. The van der Waals surface area contributed by atoms with Crippen LogP contribution in [0.1, 0.15) is 17.5 Å². The van der Waals surface area contributed by atoms with Gasteiger partial charge in [-0.15, -0.1) is 0 Å². The fourth-order valence-electron chi connectivity index (χ4n) is 4.76. The van der Waals surface area contributed by atoms with Crippen LogP contribution in [0.25, 0.3) is 0 Å². The molecular formula is C30H27N5O7S. The predicted octanol–water partition coefficient (Wildman–Crippen LogP) is 3.47. The lowest BCUT2D eigenvalue weighted by atomic mass is 10.1. The minimum atomic E-state index is -0.932. The Morgan fingerprint density at radius 3 is 2.70 bits per heavy atom.